The van der Waals surface area contributed by atoms with Gasteiger partial charge in [0.2, 0.25) is 0 Å². The third kappa shape index (κ3) is 1.46. The van der Waals surface area contributed by atoms with Crippen molar-refractivity contribution in [3.63, 3.8) is 0 Å². The summed E-state index contributed by atoms with van der Waals surface area (Å²) in [6, 6.07) is 2.05. The van der Waals surface area contributed by atoms with Crippen LogP contribution >= 0.6 is 0 Å². The quantitative estimate of drug-likeness (QED) is 0.770. The first kappa shape index (κ1) is 13.6. The first-order valence-electron chi connectivity index (χ1n) is 7.52. The summed E-state index contributed by atoms with van der Waals surface area (Å²) in [4.78, 5) is 16.9. The van der Waals surface area contributed by atoms with Gasteiger partial charge in [0.1, 0.15) is 0 Å². The Morgan fingerprint density at radius 1 is 1.45 bits per heavy atom. The summed E-state index contributed by atoms with van der Waals surface area (Å²) in [5.74, 6) is 0.273. The molecule has 1 fully saturated rings. The van der Waals surface area contributed by atoms with Gasteiger partial charge >= 0.3 is 5.97 Å². The standard InChI is InChI=1S/C17H23NO2/c1-6-20-15(19)11-9-12-13-7-8-17(5,16(13,3)4)14(12)18-10(11)2/h9,13H,6-8H2,1-5H3/t13-,17+/m1/s1. The lowest BCUT2D eigenvalue weighted by Gasteiger charge is -2.34. The SMILES string of the molecule is CCOC(=O)c1cc2c(nc1C)[C@]1(C)CC[C@H]2C1(C)C. The number of carbonyl (C=O) groups is 1. The number of pyridine rings is 1. The van der Waals surface area contributed by atoms with Crippen LogP contribution in [0.25, 0.3) is 0 Å². The minimum absolute atomic E-state index is 0.144. The van der Waals surface area contributed by atoms with E-state index in [1.54, 1.807) is 0 Å². The Bertz CT molecular complexity index is 591. The molecule has 1 saturated carbocycles. The summed E-state index contributed by atoms with van der Waals surface area (Å²) in [6.07, 6.45) is 2.40. The van der Waals surface area contributed by atoms with Gasteiger partial charge in [-0.05, 0) is 49.7 Å². The van der Waals surface area contributed by atoms with Gasteiger partial charge < -0.3 is 4.74 Å². The minimum atomic E-state index is -0.244. The zero-order valence-electron chi connectivity index (χ0n) is 13.0. The maximum absolute atomic E-state index is 12.1. The van der Waals surface area contributed by atoms with Crippen LogP contribution < -0.4 is 0 Å². The molecule has 0 amide bonds. The number of hydrogen-bond donors (Lipinski definition) is 0. The van der Waals surface area contributed by atoms with Gasteiger partial charge in [-0.25, -0.2) is 4.79 Å². The van der Waals surface area contributed by atoms with E-state index >= 15 is 0 Å². The number of ether oxygens (including phenoxy) is 1. The molecule has 0 radical (unpaired) electrons. The lowest BCUT2D eigenvalue weighted by molar-refractivity contribution is 0.0524. The number of nitrogens with zero attached hydrogens (tertiary/aromatic N) is 1. The molecule has 2 bridgehead atoms. The van der Waals surface area contributed by atoms with E-state index in [2.05, 4.69) is 20.8 Å². The monoisotopic (exact) mass is 273 g/mol. The Labute approximate surface area is 120 Å². The van der Waals surface area contributed by atoms with Gasteiger partial charge in [0, 0.05) is 5.41 Å². The fraction of sp³-hybridized carbons (Fsp3) is 0.647. The summed E-state index contributed by atoms with van der Waals surface area (Å²) in [5.41, 5.74) is 4.29. The Morgan fingerprint density at radius 2 is 2.15 bits per heavy atom. The van der Waals surface area contributed by atoms with E-state index in [-0.39, 0.29) is 16.8 Å². The Hall–Kier alpha value is -1.38. The number of aryl methyl sites for hydroxylation is 1. The van der Waals surface area contributed by atoms with Crippen molar-refractivity contribution in [2.75, 3.05) is 6.61 Å². The van der Waals surface area contributed by atoms with Gasteiger partial charge in [0.15, 0.2) is 0 Å². The van der Waals surface area contributed by atoms with Gasteiger partial charge in [-0.15, -0.1) is 0 Å². The Kier molecular flexibility index (Phi) is 2.76. The number of carbonyl (C=O) groups excluding carboxylic acids is 1. The molecule has 0 N–H and O–H groups in total. The predicted octanol–water partition coefficient (Wildman–Crippen LogP) is 3.74. The molecule has 108 valence electrons. The first-order valence-corrected chi connectivity index (χ1v) is 7.52. The van der Waals surface area contributed by atoms with Crippen molar-refractivity contribution in [1.29, 1.82) is 0 Å². The number of hydrogen-bond acceptors (Lipinski definition) is 3. The molecule has 0 aliphatic heterocycles. The number of esters is 1. The second-order valence-electron chi connectivity index (χ2n) is 6.92. The molecule has 2 atom stereocenters. The maximum atomic E-state index is 12.1. The van der Waals surface area contributed by atoms with E-state index < -0.39 is 0 Å². The highest BCUT2D eigenvalue weighted by Gasteiger charge is 2.60. The number of rotatable bonds is 2. The molecule has 0 unspecified atom stereocenters. The fourth-order valence-electron chi connectivity index (χ4n) is 4.21. The molecule has 1 aromatic heterocycles. The van der Waals surface area contributed by atoms with Crippen LogP contribution in [0, 0.1) is 12.3 Å². The fourth-order valence-corrected chi connectivity index (χ4v) is 4.21. The topological polar surface area (TPSA) is 39.2 Å². The number of aromatic nitrogens is 1. The number of fused-ring (bicyclic) bond motifs is 5. The minimum Gasteiger partial charge on any atom is -0.462 e. The molecule has 3 heteroatoms. The van der Waals surface area contributed by atoms with Crippen molar-refractivity contribution < 1.29 is 9.53 Å². The molecule has 0 saturated heterocycles. The molecular weight excluding hydrogens is 250 g/mol. The summed E-state index contributed by atoms with van der Waals surface area (Å²) >= 11 is 0. The van der Waals surface area contributed by atoms with Crippen molar-refractivity contribution in [2.24, 2.45) is 5.41 Å². The van der Waals surface area contributed by atoms with Crippen molar-refractivity contribution in [3.8, 4) is 0 Å². The van der Waals surface area contributed by atoms with Crippen LogP contribution in [0.5, 0.6) is 0 Å². The molecule has 1 heterocycles. The van der Waals surface area contributed by atoms with Gasteiger partial charge in [-0.3, -0.25) is 4.98 Å². The Balaban J connectivity index is 2.14. The van der Waals surface area contributed by atoms with Crippen LogP contribution in [0.3, 0.4) is 0 Å². The molecule has 1 aromatic rings. The van der Waals surface area contributed by atoms with Gasteiger partial charge in [-0.2, -0.15) is 0 Å². The normalized spacial score (nSPS) is 29.4. The van der Waals surface area contributed by atoms with Crippen LogP contribution in [0.15, 0.2) is 6.07 Å². The van der Waals surface area contributed by atoms with E-state index in [4.69, 9.17) is 9.72 Å². The average molecular weight is 273 g/mol. The van der Waals surface area contributed by atoms with E-state index in [1.807, 2.05) is 19.9 Å². The lowest BCUT2D eigenvalue weighted by atomic mass is 9.70. The van der Waals surface area contributed by atoms with Crippen LogP contribution in [0.2, 0.25) is 0 Å². The van der Waals surface area contributed by atoms with E-state index in [9.17, 15) is 4.79 Å². The zero-order valence-corrected chi connectivity index (χ0v) is 13.0. The van der Waals surface area contributed by atoms with Crippen molar-refractivity contribution >= 4 is 5.97 Å². The summed E-state index contributed by atoms with van der Waals surface area (Å²) in [6.45, 7) is 11.2. The van der Waals surface area contributed by atoms with Crippen LogP contribution in [-0.2, 0) is 10.2 Å². The first-order chi connectivity index (χ1) is 9.33. The predicted molar refractivity (Wildman–Crippen MR) is 78.0 cm³/mol. The summed E-state index contributed by atoms with van der Waals surface area (Å²) < 4.78 is 5.15. The highest BCUT2D eigenvalue weighted by atomic mass is 16.5. The van der Waals surface area contributed by atoms with Crippen molar-refractivity contribution in [2.45, 2.75) is 58.8 Å². The molecule has 0 spiro atoms. The molecule has 2 aliphatic carbocycles. The maximum Gasteiger partial charge on any atom is 0.339 e. The summed E-state index contributed by atoms with van der Waals surface area (Å²) in [7, 11) is 0. The van der Waals surface area contributed by atoms with E-state index in [1.165, 1.54) is 24.1 Å². The highest BCUT2D eigenvalue weighted by molar-refractivity contribution is 5.91. The van der Waals surface area contributed by atoms with Gasteiger partial charge in [-0.1, -0.05) is 20.8 Å². The van der Waals surface area contributed by atoms with Crippen LogP contribution in [0.1, 0.15) is 73.8 Å². The van der Waals surface area contributed by atoms with Crippen molar-refractivity contribution in [1.82, 2.24) is 4.98 Å². The molecule has 3 nitrogen and oxygen atoms in total. The lowest BCUT2D eigenvalue weighted by Crippen LogP contribution is -2.32. The molecule has 0 aromatic carbocycles. The zero-order chi connectivity index (χ0) is 14.7. The molecule has 2 aliphatic rings. The second-order valence-corrected chi connectivity index (χ2v) is 6.92. The smallest absolute Gasteiger partial charge is 0.339 e. The van der Waals surface area contributed by atoms with E-state index in [0.717, 1.165) is 5.69 Å². The van der Waals surface area contributed by atoms with Gasteiger partial charge in [0.25, 0.3) is 0 Å². The largest absolute Gasteiger partial charge is 0.462 e. The molecule has 20 heavy (non-hydrogen) atoms. The average Bonchev–Trinajstić information content (AvgIpc) is 2.69. The highest BCUT2D eigenvalue weighted by Crippen LogP contribution is 2.67. The van der Waals surface area contributed by atoms with Crippen LogP contribution in [0.4, 0.5) is 0 Å². The van der Waals surface area contributed by atoms with Crippen LogP contribution in [-0.4, -0.2) is 17.6 Å². The van der Waals surface area contributed by atoms with Crippen molar-refractivity contribution in [3.05, 3.63) is 28.6 Å². The van der Waals surface area contributed by atoms with Gasteiger partial charge in [0.05, 0.1) is 23.6 Å². The second kappa shape index (κ2) is 4.06. The summed E-state index contributed by atoms with van der Waals surface area (Å²) in [5, 5.41) is 0. The Morgan fingerprint density at radius 3 is 2.80 bits per heavy atom. The van der Waals surface area contributed by atoms with E-state index in [0.29, 0.717) is 18.1 Å². The molecule has 3 rings (SSSR count). The molecular formula is C17H23NO2. The third-order valence-electron chi connectivity index (χ3n) is 5.86. The third-order valence-corrected chi connectivity index (χ3v) is 5.86.